The van der Waals surface area contributed by atoms with Crippen LogP contribution in [0.25, 0.3) is 0 Å². The van der Waals surface area contributed by atoms with Gasteiger partial charge in [-0.25, -0.2) is 22.0 Å². The van der Waals surface area contributed by atoms with Gasteiger partial charge in [0.25, 0.3) is 0 Å². The molecule has 0 aliphatic heterocycles. The van der Waals surface area contributed by atoms with Crippen LogP contribution in [-0.2, 0) is 10.0 Å². The zero-order valence-corrected chi connectivity index (χ0v) is 12.3. The van der Waals surface area contributed by atoms with Crippen molar-refractivity contribution in [1.29, 1.82) is 0 Å². The van der Waals surface area contributed by atoms with E-state index in [0.717, 1.165) is 4.31 Å². The van der Waals surface area contributed by atoms with Gasteiger partial charge in [0.2, 0.25) is 10.0 Å². The third-order valence-electron chi connectivity index (χ3n) is 2.74. The maximum atomic E-state index is 14.1. The molecule has 0 unspecified atom stereocenters. The van der Waals surface area contributed by atoms with Gasteiger partial charge in [-0.15, -0.1) is 6.58 Å². The highest BCUT2D eigenvalue weighted by atomic mass is 32.2. The molecule has 0 atom stereocenters. The molecule has 5 nitrogen and oxygen atoms in total. The van der Waals surface area contributed by atoms with E-state index in [1.807, 2.05) is 0 Å². The summed E-state index contributed by atoms with van der Waals surface area (Å²) in [7, 11) is -4.31. The van der Waals surface area contributed by atoms with E-state index in [-0.39, 0.29) is 6.54 Å². The number of sulfonamides is 1. The number of aromatic carboxylic acids is 1. The summed E-state index contributed by atoms with van der Waals surface area (Å²) in [6, 6.07) is 0.822. The molecule has 116 valence electrons. The Balaban J connectivity index is 3.55. The van der Waals surface area contributed by atoms with Crippen LogP contribution in [-0.4, -0.2) is 36.4 Å². The Hall–Kier alpha value is -1.80. The monoisotopic (exact) mass is 319 g/mol. The van der Waals surface area contributed by atoms with E-state index in [1.165, 1.54) is 6.08 Å². The SMILES string of the molecule is C=CCN(C(C)C)S(=O)(=O)c1ccc(F)c(C(=O)O)c1F. The number of halogens is 2. The van der Waals surface area contributed by atoms with Crippen LogP contribution in [0.4, 0.5) is 8.78 Å². The first kappa shape index (κ1) is 17.3. The third-order valence-corrected chi connectivity index (χ3v) is 4.80. The van der Waals surface area contributed by atoms with E-state index >= 15 is 0 Å². The highest BCUT2D eigenvalue weighted by molar-refractivity contribution is 7.89. The molecule has 0 aromatic heterocycles. The lowest BCUT2D eigenvalue weighted by atomic mass is 10.2. The van der Waals surface area contributed by atoms with E-state index in [2.05, 4.69) is 6.58 Å². The summed E-state index contributed by atoms with van der Waals surface area (Å²) in [5.74, 6) is -4.82. The molecule has 0 saturated carbocycles. The minimum Gasteiger partial charge on any atom is -0.477 e. The third kappa shape index (κ3) is 3.27. The van der Waals surface area contributed by atoms with Crippen LogP contribution in [0.5, 0.6) is 0 Å². The number of carbonyl (C=O) groups is 1. The van der Waals surface area contributed by atoms with Gasteiger partial charge in [-0.1, -0.05) is 6.08 Å². The van der Waals surface area contributed by atoms with Crippen molar-refractivity contribution < 1.29 is 27.1 Å². The van der Waals surface area contributed by atoms with E-state index < -0.39 is 44.1 Å². The molecule has 1 N–H and O–H groups in total. The lowest BCUT2D eigenvalue weighted by Crippen LogP contribution is -2.37. The first-order valence-corrected chi connectivity index (χ1v) is 7.42. The van der Waals surface area contributed by atoms with Crippen molar-refractivity contribution in [2.45, 2.75) is 24.8 Å². The summed E-state index contributed by atoms with van der Waals surface area (Å²) in [5.41, 5.74) is -1.29. The Morgan fingerprint density at radius 2 is 2.00 bits per heavy atom. The maximum Gasteiger partial charge on any atom is 0.341 e. The van der Waals surface area contributed by atoms with Crippen molar-refractivity contribution in [2.24, 2.45) is 0 Å². The lowest BCUT2D eigenvalue weighted by Gasteiger charge is -2.25. The predicted molar refractivity (Wildman–Crippen MR) is 72.5 cm³/mol. The van der Waals surface area contributed by atoms with Gasteiger partial charge in [-0.3, -0.25) is 0 Å². The van der Waals surface area contributed by atoms with E-state index in [9.17, 15) is 22.0 Å². The molecule has 0 heterocycles. The van der Waals surface area contributed by atoms with Crippen molar-refractivity contribution in [3.63, 3.8) is 0 Å². The van der Waals surface area contributed by atoms with Gasteiger partial charge in [0.05, 0.1) is 0 Å². The number of nitrogens with zero attached hydrogens (tertiary/aromatic N) is 1. The van der Waals surface area contributed by atoms with Crippen LogP contribution in [0, 0.1) is 11.6 Å². The minimum atomic E-state index is -4.31. The Kier molecular flexibility index (Phi) is 5.19. The second kappa shape index (κ2) is 6.31. The fourth-order valence-corrected chi connectivity index (χ4v) is 3.45. The van der Waals surface area contributed by atoms with E-state index in [4.69, 9.17) is 5.11 Å². The van der Waals surface area contributed by atoms with Crippen LogP contribution >= 0.6 is 0 Å². The zero-order chi connectivity index (χ0) is 16.4. The molecule has 1 aromatic carbocycles. The molecule has 21 heavy (non-hydrogen) atoms. The molecule has 0 spiro atoms. The molecule has 0 bridgehead atoms. The highest BCUT2D eigenvalue weighted by Crippen LogP contribution is 2.25. The summed E-state index contributed by atoms with van der Waals surface area (Å²) < 4.78 is 53.1. The summed E-state index contributed by atoms with van der Waals surface area (Å²) in [6.45, 7) is 6.47. The average molecular weight is 319 g/mol. The van der Waals surface area contributed by atoms with Crippen molar-refractivity contribution in [2.75, 3.05) is 6.54 Å². The molecule has 1 rings (SSSR count). The van der Waals surface area contributed by atoms with Crippen molar-refractivity contribution in [3.8, 4) is 0 Å². The molecular weight excluding hydrogens is 304 g/mol. The van der Waals surface area contributed by atoms with E-state index in [1.54, 1.807) is 13.8 Å². The van der Waals surface area contributed by atoms with Gasteiger partial charge >= 0.3 is 5.97 Å². The number of rotatable bonds is 6. The maximum absolute atomic E-state index is 14.1. The Morgan fingerprint density at radius 1 is 1.43 bits per heavy atom. The largest absolute Gasteiger partial charge is 0.477 e. The predicted octanol–water partition coefficient (Wildman–Crippen LogP) is 2.25. The van der Waals surface area contributed by atoms with Crippen molar-refractivity contribution >= 4 is 16.0 Å². The van der Waals surface area contributed by atoms with Crippen LogP contribution < -0.4 is 0 Å². The van der Waals surface area contributed by atoms with Crippen LogP contribution in [0.3, 0.4) is 0 Å². The summed E-state index contributed by atoms with van der Waals surface area (Å²) in [6.07, 6.45) is 1.32. The Bertz CT molecular complexity index is 671. The van der Waals surface area contributed by atoms with Gasteiger partial charge in [0, 0.05) is 12.6 Å². The van der Waals surface area contributed by atoms with E-state index in [0.29, 0.717) is 12.1 Å². The van der Waals surface area contributed by atoms with Gasteiger partial charge in [-0.05, 0) is 26.0 Å². The Labute approximate surface area is 121 Å². The first-order chi connectivity index (χ1) is 9.64. The molecule has 0 aliphatic rings. The fourth-order valence-electron chi connectivity index (χ4n) is 1.77. The minimum absolute atomic E-state index is 0.0841. The number of carboxylic acids is 1. The summed E-state index contributed by atoms with van der Waals surface area (Å²) in [4.78, 5) is 9.97. The van der Waals surface area contributed by atoms with Gasteiger partial charge in [0.15, 0.2) is 5.82 Å². The number of hydrogen-bond acceptors (Lipinski definition) is 3. The first-order valence-electron chi connectivity index (χ1n) is 5.98. The lowest BCUT2D eigenvalue weighted by molar-refractivity contribution is 0.0685. The molecule has 0 radical (unpaired) electrons. The Morgan fingerprint density at radius 3 is 2.43 bits per heavy atom. The standard InChI is InChI=1S/C13H15F2NO4S/c1-4-7-16(8(2)3)21(19,20)10-6-5-9(14)11(12(10)15)13(17)18/h4-6,8H,1,7H2,2-3H3,(H,17,18). The smallest absolute Gasteiger partial charge is 0.341 e. The molecule has 0 aliphatic carbocycles. The van der Waals surface area contributed by atoms with Crippen molar-refractivity contribution in [3.05, 3.63) is 42.0 Å². The zero-order valence-electron chi connectivity index (χ0n) is 11.5. The molecule has 0 fully saturated rings. The highest BCUT2D eigenvalue weighted by Gasteiger charge is 2.32. The molecule has 1 aromatic rings. The summed E-state index contributed by atoms with van der Waals surface area (Å²) in [5, 5.41) is 8.78. The molecule has 0 amide bonds. The molecular formula is C13H15F2NO4S. The quantitative estimate of drug-likeness (QED) is 0.816. The van der Waals surface area contributed by atoms with Gasteiger partial charge < -0.3 is 5.11 Å². The summed E-state index contributed by atoms with van der Waals surface area (Å²) >= 11 is 0. The molecule has 8 heteroatoms. The topological polar surface area (TPSA) is 74.7 Å². The van der Waals surface area contributed by atoms with Crippen LogP contribution in [0.1, 0.15) is 24.2 Å². The van der Waals surface area contributed by atoms with Gasteiger partial charge in [0.1, 0.15) is 16.3 Å². The molecule has 0 saturated heterocycles. The van der Waals surface area contributed by atoms with Crippen LogP contribution in [0.15, 0.2) is 29.7 Å². The number of hydrogen-bond donors (Lipinski definition) is 1. The fraction of sp³-hybridized carbons (Fsp3) is 0.308. The second-order valence-corrected chi connectivity index (χ2v) is 6.36. The number of benzene rings is 1. The van der Waals surface area contributed by atoms with Gasteiger partial charge in [-0.2, -0.15) is 4.31 Å². The normalized spacial score (nSPS) is 11.9. The van der Waals surface area contributed by atoms with Crippen LogP contribution in [0.2, 0.25) is 0 Å². The van der Waals surface area contributed by atoms with Crippen molar-refractivity contribution in [1.82, 2.24) is 4.31 Å². The average Bonchev–Trinajstić information content (AvgIpc) is 2.34. The number of carboxylic acid groups (broad SMARTS) is 1. The second-order valence-electron chi connectivity index (χ2n) is 4.50.